The van der Waals surface area contributed by atoms with E-state index >= 15 is 0 Å². The summed E-state index contributed by atoms with van der Waals surface area (Å²) >= 11 is 0. The van der Waals surface area contributed by atoms with Crippen LogP contribution in [0.25, 0.3) is 0 Å². The minimum Gasteiger partial charge on any atom is -0.507 e. The first-order valence-electron chi connectivity index (χ1n) is 14.6. The van der Waals surface area contributed by atoms with Crippen molar-refractivity contribution in [3.63, 3.8) is 0 Å². The summed E-state index contributed by atoms with van der Waals surface area (Å²) in [6.07, 6.45) is 21.9. The van der Waals surface area contributed by atoms with Gasteiger partial charge < -0.3 is 20.3 Å². The normalized spacial score (nSPS) is 13.8. The van der Waals surface area contributed by atoms with Gasteiger partial charge >= 0.3 is 11.9 Å². The lowest BCUT2D eigenvalue weighted by molar-refractivity contribution is -0.137. The molecule has 2 aromatic rings. The van der Waals surface area contributed by atoms with Crippen LogP contribution >= 0.6 is 0 Å². The fraction of sp³-hybridized carbons (Fsp3) is 0.485. The van der Waals surface area contributed by atoms with Gasteiger partial charge in [0.15, 0.2) is 0 Å². The highest BCUT2D eigenvalue weighted by molar-refractivity contribution is 5.94. The van der Waals surface area contributed by atoms with Crippen LogP contribution in [0.4, 0.5) is 5.69 Å². The van der Waals surface area contributed by atoms with Crippen LogP contribution in [0.2, 0.25) is 0 Å². The maximum absolute atomic E-state index is 11.8. The number of carboxylic acids is 1. The summed E-state index contributed by atoms with van der Waals surface area (Å²) in [5.41, 5.74) is 0.707. The largest absolute Gasteiger partial charge is 0.507 e. The van der Waals surface area contributed by atoms with Gasteiger partial charge in [-0.2, -0.15) is 0 Å². The fourth-order valence-corrected chi connectivity index (χ4v) is 4.65. The molecule has 1 aliphatic carbocycles. The molecule has 0 spiro atoms. The summed E-state index contributed by atoms with van der Waals surface area (Å²) in [5.74, 6) is -0.391. The van der Waals surface area contributed by atoms with Crippen molar-refractivity contribution in [1.82, 2.24) is 0 Å². The number of ether oxygens (including phenoxy) is 1. The first-order valence-corrected chi connectivity index (χ1v) is 14.6. The van der Waals surface area contributed by atoms with Crippen molar-refractivity contribution in [1.29, 1.82) is 0 Å². The van der Waals surface area contributed by atoms with E-state index in [2.05, 4.69) is 17.5 Å². The second-order valence-corrected chi connectivity index (χ2v) is 10.3. The number of anilines is 1. The quantitative estimate of drug-likeness (QED) is 0.0837. The second-order valence-electron chi connectivity index (χ2n) is 10.3. The number of carbonyl (C=O) groups excluding carboxylic acids is 2. The van der Waals surface area contributed by atoms with Crippen LogP contribution in [0.1, 0.15) is 107 Å². The van der Waals surface area contributed by atoms with Gasteiger partial charge in [0.1, 0.15) is 17.1 Å². The van der Waals surface area contributed by atoms with Crippen LogP contribution in [0.3, 0.4) is 0 Å². The Bertz CT molecular complexity index is 1060. The van der Waals surface area contributed by atoms with Crippen LogP contribution in [-0.2, 0) is 9.59 Å². The number of unbranched alkanes of at least 4 members (excludes halogenated alkanes) is 9. The summed E-state index contributed by atoms with van der Waals surface area (Å²) < 4.78 is 5.13. The van der Waals surface area contributed by atoms with Crippen LogP contribution < -0.4 is 10.1 Å². The number of aliphatic carboxylic acids is 1. The van der Waals surface area contributed by atoms with E-state index in [-0.39, 0.29) is 17.2 Å². The number of benzene rings is 2. The van der Waals surface area contributed by atoms with Gasteiger partial charge in [-0.3, -0.25) is 9.59 Å². The number of phenolic OH excluding ortho intramolecular Hbond substituents is 1. The Morgan fingerprint density at radius 3 is 2.00 bits per heavy atom. The van der Waals surface area contributed by atoms with Gasteiger partial charge in [0, 0.05) is 19.0 Å². The number of carbonyl (C=O) groups is 3. The average Bonchev–Trinajstić information content (AvgIpc) is 3.44. The Morgan fingerprint density at radius 2 is 1.45 bits per heavy atom. The van der Waals surface area contributed by atoms with Gasteiger partial charge in [0.25, 0.3) is 0 Å². The Kier molecular flexibility index (Phi) is 15.9. The van der Waals surface area contributed by atoms with Gasteiger partial charge in [-0.05, 0) is 68.0 Å². The first-order chi connectivity index (χ1) is 19.3. The summed E-state index contributed by atoms with van der Waals surface area (Å²) in [5, 5.41) is 20.7. The van der Waals surface area contributed by atoms with E-state index < -0.39 is 11.9 Å². The lowest BCUT2D eigenvalue weighted by Crippen LogP contribution is -2.09. The predicted octanol–water partition coefficient (Wildman–Crippen LogP) is 8.29. The van der Waals surface area contributed by atoms with Crippen LogP contribution in [0, 0.1) is 5.92 Å². The molecule has 0 bridgehead atoms. The van der Waals surface area contributed by atoms with Gasteiger partial charge in [0.05, 0.1) is 0 Å². The number of amides is 1. The molecule has 0 aromatic heterocycles. The maximum Gasteiger partial charge on any atom is 0.347 e. The van der Waals surface area contributed by atoms with E-state index in [1.54, 1.807) is 36.4 Å². The fourth-order valence-electron chi connectivity index (χ4n) is 4.65. The Labute approximate surface area is 238 Å². The van der Waals surface area contributed by atoms with Crippen molar-refractivity contribution in [2.24, 2.45) is 5.92 Å². The molecule has 1 unspecified atom stereocenters. The number of esters is 1. The third kappa shape index (κ3) is 14.5. The third-order valence-corrected chi connectivity index (χ3v) is 6.84. The molecule has 0 fully saturated rings. The lowest BCUT2D eigenvalue weighted by atomic mass is 9.99. The number of hydrogen-bond acceptors (Lipinski definition) is 5. The lowest BCUT2D eigenvalue weighted by Gasteiger charge is -2.07. The predicted molar refractivity (Wildman–Crippen MR) is 159 cm³/mol. The number of aromatic hydroxyl groups is 1. The van der Waals surface area contributed by atoms with E-state index in [4.69, 9.17) is 9.84 Å². The van der Waals surface area contributed by atoms with E-state index in [0.29, 0.717) is 17.9 Å². The number of hydrogen-bond donors (Lipinski definition) is 3. The van der Waals surface area contributed by atoms with Crippen molar-refractivity contribution in [2.45, 2.75) is 96.8 Å². The SMILES string of the molecule is CC(=O)Nc1ccc(OC(=O)c2ccccc2O)cc1.O=C(O)CCCCCCCCCCCCC1C=CCC1. The molecule has 1 atom stereocenters. The molecule has 2 aromatic carbocycles. The average molecular weight is 552 g/mol. The molecule has 40 heavy (non-hydrogen) atoms. The van der Waals surface area contributed by atoms with E-state index in [9.17, 15) is 19.5 Å². The smallest absolute Gasteiger partial charge is 0.347 e. The molecule has 7 heteroatoms. The van der Waals surface area contributed by atoms with Crippen LogP contribution in [0.5, 0.6) is 11.5 Å². The topological polar surface area (TPSA) is 113 Å². The minimum atomic E-state index is -0.655. The molecule has 218 valence electrons. The summed E-state index contributed by atoms with van der Waals surface area (Å²) in [4.78, 5) is 33.1. The van der Waals surface area contributed by atoms with Gasteiger partial charge in [-0.1, -0.05) is 82.1 Å². The zero-order valence-corrected chi connectivity index (χ0v) is 23.8. The number of nitrogens with one attached hydrogen (secondary N) is 1. The number of para-hydroxylation sites is 1. The zero-order chi connectivity index (χ0) is 29.0. The first kappa shape index (κ1) is 32.6. The standard InChI is InChI=1S/C18H32O2.C15H13NO4/c19-18(20)16-10-8-6-4-2-1-3-5-7-9-13-17-14-11-12-15-17;1-10(17)16-11-6-8-12(9-7-11)20-15(19)13-4-2-3-5-14(13)18/h11,14,17H,1-10,12-13,15-16H2,(H,19,20);2-9,18H,1H3,(H,16,17). The molecule has 3 rings (SSSR count). The van der Waals surface area contributed by atoms with E-state index in [0.717, 1.165) is 18.8 Å². The minimum absolute atomic E-state index is 0.0958. The van der Waals surface area contributed by atoms with Crippen molar-refractivity contribution in [3.05, 3.63) is 66.2 Å². The molecule has 0 saturated carbocycles. The molecule has 0 radical (unpaired) electrons. The number of phenols is 1. The second kappa shape index (κ2) is 19.4. The Hall–Kier alpha value is -3.61. The van der Waals surface area contributed by atoms with E-state index in [1.165, 1.54) is 89.7 Å². The van der Waals surface area contributed by atoms with Crippen molar-refractivity contribution >= 4 is 23.5 Å². The molecular formula is C33H45NO6. The highest BCUT2D eigenvalue weighted by atomic mass is 16.5. The maximum atomic E-state index is 11.8. The third-order valence-electron chi connectivity index (χ3n) is 6.84. The molecule has 0 aliphatic heterocycles. The monoisotopic (exact) mass is 551 g/mol. The molecular weight excluding hydrogens is 506 g/mol. The Balaban J connectivity index is 0.000000280. The van der Waals surface area contributed by atoms with E-state index in [1.807, 2.05) is 0 Å². The van der Waals surface area contributed by atoms with Crippen LogP contribution in [0.15, 0.2) is 60.7 Å². The molecule has 3 N–H and O–H groups in total. The van der Waals surface area contributed by atoms with Crippen molar-refractivity contribution in [3.8, 4) is 11.5 Å². The highest BCUT2D eigenvalue weighted by Gasteiger charge is 2.12. The van der Waals surface area contributed by atoms with Gasteiger partial charge in [-0.25, -0.2) is 4.79 Å². The number of allylic oxidation sites excluding steroid dienone is 2. The van der Waals surface area contributed by atoms with Gasteiger partial charge in [0.2, 0.25) is 5.91 Å². The highest BCUT2D eigenvalue weighted by Crippen LogP contribution is 2.23. The van der Waals surface area contributed by atoms with Gasteiger partial charge in [-0.15, -0.1) is 0 Å². The molecule has 0 heterocycles. The zero-order valence-electron chi connectivity index (χ0n) is 23.8. The van der Waals surface area contributed by atoms with Crippen LogP contribution in [-0.4, -0.2) is 28.1 Å². The van der Waals surface area contributed by atoms with Crippen molar-refractivity contribution < 1.29 is 29.3 Å². The number of rotatable bonds is 16. The molecule has 1 amide bonds. The summed E-state index contributed by atoms with van der Waals surface area (Å²) in [6.45, 7) is 1.41. The molecule has 7 nitrogen and oxygen atoms in total. The van der Waals surface area contributed by atoms with Crippen molar-refractivity contribution in [2.75, 3.05) is 5.32 Å². The number of carboxylic acid groups (broad SMARTS) is 1. The summed E-state index contributed by atoms with van der Waals surface area (Å²) in [6, 6.07) is 12.5. The summed E-state index contributed by atoms with van der Waals surface area (Å²) in [7, 11) is 0. The molecule has 1 aliphatic rings. The Morgan fingerprint density at radius 1 is 0.850 bits per heavy atom. The molecule has 0 saturated heterocycles.